The SMILES string of the molecule is O=C(N1CCCC2(CCN(c3cncnc3)C2=O)C1)C1(F)CCC1. The Morgan fingerprint density at radius 3 is 2.50 bits per heavy atom. The fraction of sp³-hybridized carbons (Fsp3) is 0.647. The summed E-state index contributed by atoms with van der Waals surface area (Å²) in [7, 11) is 0. The van der Waals surface area contributed by atoms with Gasteiger partial charge in [0.25, 0.3) is 5.91 Å². The molecule has 0 bridgehead atoms. The van der Waals surface area contributed by atoms with E-state index in [1.807, 2.05) is 0 Å². The van der Waals surface area contributed by atoms with E-state index >= 15 is 0 Å². The molecule has 1 aromatic heterocycles. The Kier molecular flexibility index (Phi) is 3.54. The van der Waals surface area contributed by atoms with Crippen molar-refractivity contribution in [3.05, 3.63) is 18.7 Å². The Morgan fingerprint density at radius 1 is 1.08 bits per heavy atom. The maximum absolute atomic E-state index is 14.5. The molecular weight excluding hydrogens is 311 g/mol. The van der Waals surface area contributed by atoms with Crippen LogP contribution in [0.4, 0.5) is 10.1 Å². The van der Waals surface area contributed by atoms with Crippen LogP contribution in [0, 0.1) is 5.41 Å². The van der Waals surface area contributed by atoms with Crippen molar-refractivity contribution in [1.29, 1.82) is 0 Å². The zero-order valence-corrected chi connectivity index (χ0v) is 13.6. The lowest BCUT2D eigenvalue weighted by Crippen LogP contribution is -2.56. The first kappa shape index (κ1) is 15.5. The molecule has 24 heavy (non-hydrogen) atoms. The van der Waals surface area contributed by atoms with E-state index in [1.165, 1.54) is 6.33 Å². The van der Waals surface area contributed by atoms with Crippen molar-refractivity contribution in [2.24, 2.45) is 5.41 Å². The first-order chi connectivity index (χ1) is 11.5. The van der Waals surface area contributed by atoms with Crippen LogP contribution in [0.5, 0.6) is 0 Å². The lowest BCUT2D eigenvalue weighted by molar-refractivity contribution is -0.154. The van der Waals surface area contributed by atoms with Gasteiger partial charge >= 0.3 is 0 Å². The lowest BCUT2D eigenvalue weighted by Gasteiger charge is -2.43. The molecule has 3 fully saturated rings. The van der Waals surface area contributed by atoms with Crippen molar-refractivity contribution in [2.75, 3.05) is 24.5 Å². The summed E-state index contributed by atoms with van der Waals surface area (Å²) in [5, 5.41) is 0. The van der Waals surface area contributed by atoms with Crippen LogP contribution in [-0.2, 0) is 9.59 Å². The predicted octanol–water partition coefficient (Wildman–Crippen LogP) is 1.71. The molecule has 1 spiro atoms. The molecule has 0 N–H and O–H groups in total. The molecule has 2 aliphatic heterocycles. The van der Waals surface area contributed by atoms with Gasteiger partial charge in [-0.25, -0.2) is 14.4 Å². The number of carbonyl (C=O) groups excluding carboxylic acids is 2. The standard InChI is InChI=1S/C17H21FN4O2/c18-17(4-1-5-17)15(24)21-7-2-3-16(11-21)6-8-22(14(16)23)13-9-19-12-20-10-13/h9-10,12H,1-8,11H2. The van der Waals surface area contributed by atoms with Crippen molar-refractivity contribution in [1.82, 2.24) is 14.9 Å². The third-order valence-electron chi connectivity index (χ3n) is 5.76. The Bertz CT molecular complexity index is 664. The maximum Gasteiger partial charge on any atom is 0.260 e. The second kappa shape index (κ2) is 5.50. The molecule has 3 heterocycles. The largest absolute Gasteiger partial charge is 0.339 e. The van der Waals surface area contributed by atoms with Crippen LogP contribution >= 0.6 is 0 Å². The highest BCUT2D eigenvalue weighted by molar-refractivity contribution is 6.00. The molecular formula is C17H21FN4O2. The monoisotopic (exact) mass is 332 g/mol. The molecule has 7 heteroatoms. The molecule has 1 aliphatic carbocycles. The summed E-state index contributed by atoms with van der Waals surface area (Å²) in [6.45, 7) is 1.48. The van der Waals surface area contributed by atoms with Crippen LogP contribution in [0.25, 0.3) is 0 Å². The van der Waals surface area contributed by atoms with Gasteiger partial charge in [0.15, 0.2) is 5.67 Å². The third-order valence-corrected chi connectivity index (χ3v) is 5.76. The average molecular weight is 332 g/mol. The quantitative estimate of drug-likeness (QED) is 0.827. The minimum Gasteiger partial charge on any atom is -0.339 e. The second-order valence-corrected chi connectivity index (χ2v) is 7.23. The van der Waals surface area contributed by atoms with Crippen LogP contribution in [0.2, 0.25) is 0 Å². The first-order valence-electron chi connectivity index (χ1n) is 8.59. The highest BCUT2D eigenvalue weighted by Gasteiger charge is 2.53. The zero-order chi connectivity index (χ0) is 16.8. The van der Waals surface area contributed by atoms with Crippen LogP contribution in [-0.4, -0.2) is 52.0 Å². The van der Waals surface area contributed by atoms with E-state index in [2.05, 4.69) is 9.97 Å². The Labute approximate surface area is 140 Å². The number of likely N-dealkylation sites (tertiary alicyclic amines) is 1. The summed E-state index contributed by atoms with van der Waals surface area (Å²) in [4.78, 5) is 36.8. The van der Waals surface area contributed by atoms with Gasteiger partial charge in [0, 0.05) is 19.6 Å². The molecule has 1 atom stereocenters. The normalized spacial score (nSPS) is 29.0. The van der Waals surface area contributed by atoms with E-state index in [0.717, 1.165) is 19.3 Å². The Morgan fingerprint density at radius 2 is 1.83 bits per heavy atom. The van der Waals surface area contributed by atoms with Gasteiger partial charge in [0.1, 0.15) is 6.33 Å². The number of piperidine rings is 1. The summed E-state index contributed by atoms with van der Waals surface area (Å²) in [6, 6.07) is 0. The fourth-order valence-corrected chi connectivity index (χ4v) is 4.17. The summed E-state index contributed by atoms with van der Waals surface area (Å²) >= 11 is 0. The molecule has 3 aliphatic rings. The van der Waals surface area contributed by atoms with Gasteiger partial charge in [-0.3, -0.25) is 9.59 Å². The third kappa shape index (κ3) is 2.29. The number of halogens is 1. The fourth-order valence-electron chi connectivity index (χ4n) is 4.17. The van der Waals surface area contributed by atoms with Crippen molar-refractivity contribution in [3.63, 3.8) is 0 Å². The zero-order valence-electron chi connectivity index (χ0n) is 13.6. The van der Waals surface area contributed by atoms with Gasteiger partial charge in [0.2, 0.25) is 5.91 Å². The van der Waals surface area contributed by atoms with E-state index in [4.69, 9.17) is 0 Å². The Balaban J connectivity index is 1.53. The van der Waals surface area contributed by atoms with Crippen LogP contribution < -0.4 is 4.90 Å². The van der Waals surface area contributed by atoms with Crippen LogP contribution in [0.1, 0.15) is 38.5 Å². The molecule has 1 saturated carbocycles. The van der Waals surface area contributed by atoms with Gasteiger partial charge in [-0.2, -0.15) is 0 Å². The highest BCUT2D eigenvalue weighted by Crippen LogP contribution is 2.44. The maximum atomic E-state index is 14.5. The topological polar surface area (TPSA) is 66.4 Å². The van der Waals surface area contributed by atoms with Gasteiger partial charge in [-0.15, -0.1) is 0 Å². The number of hydrogen-bond donors (Lipinski definition) is 0. The first-order valence-corrected chi connectivity index (χ1v) is 8.59. The average Bonchev–Trinajstić information content (AvgIpc) is 2.89. The summed E-state index contributed by atoms with van der Waals surface area (Å²) in [6.07, 6.45) is 8.26. The summed E-state index contributed by atoms with van der Waals surface area (Å²) in [5.41, 5.74) is -1.58. The van der Waals surface area contributed by atoms with Crippen molar-refractivity contribution in [3.8, 4) is 0 Å². The number of rotatable bonds is 2. The van der Waals surface area contributed by atoms with E-state index in [9.17, 15) is 14.0 Å². The smallest absolute Gasteiger partial charge is 0.260 e. The molecule has 2 saturated heterocycles. The Hall–Kier alpha value is -2.05. The van der Waals surface area contributed by atoms with Crippen LogP contribution in [0.15, 0.2) is 18.7 Å². The molecule has 2 amide bonds. The van der Waals surface area contributed by atoms with Crippen molar-refractivity contribution in [2.45, 2.75) is 44.2 Å². The lowest BCUT2D eigenvalue weighted by atomic mass is 9.76. The van der Waals surface area contributed by atoms with Gasteiger partial charge in [-0.05, 0) is 38.5 Å². The van der Waals surface area contributed by atoms with E-state index in [0.29, 0.717) is 44.6 Å². The van der Waals surface area contributed by atoms with E-state index in [1.54, 1.807) is 22.2 Å². The number of carbonyl (C=O) groups is 2. The minimum absolute atomic E-state index is 0.0105. The van der Waals surface area contributed by atoms with Crippen LogP contribution in [0.3, 0.4) is 0 Å². The summed E-state index contributed by atoms with van der Waals surface area (Å²) < 4.78 is 14.5. The molecule has 128 valence electrons. The van der Waals surface area contributed by atoms with Gasteiger partial charge in [-0.1, -0.05) is 0 Å². The summed E-state index contributed by atoms with van der Waals surface area (Å²) in [5.74, 6) is -0.404. The molecule has 1 unspecified atom stereocenters. The molecule has 4 rings (SSSR count). The molecule has 0 radical (unpaired) electrons. The van der Waals surface area contributed by atoms with E-state index in [-0.39, 0.29) is 5.91 Å². The van der Waals surface area contributed by atoms with Gasteiger partial charge in [0.05, 0.1) is 23.5 Å². The van der Waals surface area contributed by atoms with Gasteiger partial charge < -0.3 is 9.80 Å². The van der Waals surface area contributed by atoms with Crippen molar-refractivity contribution < 1.29 is 14.0 Å². The molecule has 0 aromatic carbocycles. The number of amides is 2. The number of nitrogens with zero attached hydrogens (tertiary/aromatic N) is 4. The number of alkyl halides is 1. The van der Waals surface area contributed by atoms with E-state index < -0.39 is 17.0 Å². The molecule has 1 aromatic rings. The number of anilines is 1. The minimum atomic E-state index is -1.69. The van der Waals surface area contributed by atoms with Crippen molar-refractivity contribution >= 4 is 17.5 Å². The predicted molar refractivity (Wildman–Crippen MR) is 84.9 cm³/mol. The number of hydrogen-bond acceptors (Lipinski definition) is 4. The number of aromatic nitrogens is 2. The second-order valence-electron chi connectivity index (χ2n) is 7.23. The highest BCUT2D eigenvalue weighted by atomic mass is 19.1. The molecule has 6 nitrogen and oxygen atoms in total.